The van der Waals surface area contributed by atoms with Gasteiger partial charge in [-0.1, -0.05) is 13.0 Å². The molecule has 0 saturated heterocycles. The molecule has 1 atom stereocenters. The van der Waals surface area contributed by atoms with E-state index in [-0.39, 0.29) is 12.3 Å². The minimum absolute atomic E-state index is 0.276. The molecular weight excluding hydrogens is 324 g/mol. The van der Waals surface area contributed by atoms with Crippen LogP contribution in [0.15, 0.2) is 18.2 Å². The third-order valence-corrected chi connectivity index (χ3v) is 3.80. The number of hydrogen-bond acceptors (Lipinski definition) is 5. The molecule has 0 bridgehead atoms. The van der Waals surface area contributed by atoms with Crippen LogP contribution in [0, 0.1) is 0 Å². The topological polar surface area (TPSA) is 111 Å². The number of nitrogens with two attached hydrogens (primary N) is 1. The number of aliphatic hydroxyl groups excluding tert-OH is 1. The minimum atomic E-state index is -1.02. The Balaban J connectivity index is 2.24. The zero-order valence-corrected chi connectivity index (χ0v) is 14.9. The summed E-state index contributed by atoms with van der Waals surface area (Å²) < 4.78 is 11.1. The summed E-state index contributed by atoms with van der Waals surface area (Å²) in [6.45, 7) is 2.12. The zero-order chi connectivity index (χ0) is 18.7. The van der Waals surface area contributed by atoms with E-state index >= 15 is 0 Å². The number of carbonyl (C=O) groups is 2. The van der Waals surface area contributed by atoms with E-state index in [9.17, 15) is 9.59 Å². The number of rotatable bonds is 12. The lowest BCUT2D eigenvalue weighted by Crippen LogP contribution is -2.46. The Hall–Kier alpha value is -2.28. The Morgan fingerprint density at radius 3 is 2.60 bits per heavy atom. The average molecular weight is 352 g/mol. The van der Waals surface area contributed by atoms with Crippen LogP contribution in [0.4, 0.5) is 0 Å². The van der Waals surface area contributed by atoms with E-state index in [0.717, 1.165) is 25.0 Å². The lowest BCUT2D eigenvalue weighted by Gasteiger charge is -2.13. The van der Waals surface area contributed by atoms with Crippen LogP contribution in [0.1, 0.15) is 38.2 Å². The summed E-state index contributed by atoms with van der Waals surface area (Å²) in [5.74, 6) is 0.396. The monoisotopic (exact) mass is 352 g/mol. The molecule has 0 aliphatic carbocycles. The number of aliphatic hydroxyl groups is 1. The van der Waals surface area contributed by atoms with E-state index < -0.39 is 18.6 Å². The molecule has 7 nitrogen and oxygen atoms in total. The van der Waals surface area contributed by atoms with E-state index in [4.69, 9.17) is 20.3 Å². The lowest BCUT2D eigenvalue weighted by molar-refractivity contribution is -0.128. The van der Waals surface area contributed by atoms with Crippen molar-refractivity contribution in [3.8, 4) is 11.5 Å². The molecule has 25 heavy (non-hydrogen) atoms. The number of methoxy groups -OCH3 is 1. The Kier molecular flexibility index (Phi) is 9.39. The number of primary amides is 1. The molecule has 0 spiro atoms. The number of unbranched alkanes of at least 4 members (excludes halogenated alkanes) is 2. The van der Waals surface area contributed by atoms with Gasteiger partial charge in [0.25, 0.3) is 0 Å². The van der Waals surface area contributed by atoms with Crippen molar-refractivity contribution in [2.75, 3.05) is 20.3 Å². The lowest BCUT2D eigenvalue weighted by atomic mass is 10.1. The predicted molar refractivity (Wildman–Crippen MR) is 94.5 cm³/mol. The van der Waals surface area contributed by atoms with Gasteiger partial charge in [0.05, 0.1) is 20.3 Å². The van der Waals surface area contributed by atoms with Crippen molar-refractivity contribution in [1.82, 2.24) is 5.32 Å². The molecule has 0 saturated carbocycles. The first-order valence-electron chi connectivity index (χ1n) is 8.51. The molecule has 2 amide bonds. The van der Waals surface area contributed by atoms with Crippen LogP contribution in [0.25, 0.3) is 0 Å². The molecule has 1 aromatic carbocycles. The van der Waals surface area contributed by atoms with Crippen molar-refractivity contribution >= 4 is 11.8 Å². The summed E-state index contributed by atoms with van der Waals surface area (Å²) in [7, 11) is 1.62. The highest BCUT2D eigenvalue weighted by atomic mass is 16.5. The maximum absolute atomic E-state index is 11.6. The summed E-state index contributed by atoms with van der Waals surface area (Å²) >= 11 is 0. The van der Waals surface area contributed by atoms with E-state index in [2.05, 4.69) is 12.2 Å². The van der Waals surface area contributed by atoms with Crippen LogP contribution >= 0.6 is 0 Å². The summed E-state index contributed by atoms with van der Waals surface area (Å²) in [6.07, 6.45) is 3.48. The maximum atomic E-state index is 11.6. The Morgan fingerprint density at radius 1 is 1.24 bits per heavy atom. The number of nitrogens with one attached hydrogen (secondary N) is 1. The van der Waals surface area contributed by atoms with Crippen molar-refractivity contribution in [2.45, 2.75) is 45.1 Å². The van der Waals surface area contributed by atoms with Gasteiger partial charge in [0, 0.05) is 6.42 Å². The molecule has 0 aliphatic rings. The van der Waals surface area contributed by atoms with E-state index in [1.54, 1.807) is 7.11 Å². The number of hydrogen-bond donors (Lipinski definition) is 3. The fourth-order valence-corrected chi connectivity index (χ4v) is 2.27. The van der Waals surface area contributed by atoms with Gasteiger partial charge in [0.15, 0.2) is 11.5 Å². The first kappa shape index (κ1) is 20.8. The van der Waals surface area contributed by atoms with Gasteiger partial charge in [-0.2, -0.15) is 0 Å². The van der Waals surface area contributed by atoms with Gasteiger partial charge in [-0.3, -0.25) is 9.59 Å². The molecule has 1 unspecified atom stereocenters. The fourth-order valence-electron chi connectivity index (χ4n) is 2.27. The van der Waals surface area contributed by atoms with Crippen molar-refractivity contribution in [1.29, 1.82) is 0 Å². The van der Waals surface area contributed by atoms with Gasteiger partial charge in [-0.25, -0.2) is 0 Å². The normalized spacial score (nSPS) is 11.6. The van der Waals surface area contributed by atoms with Crippen LogP contribution in [-0.2, 0) is 16.0 Å². The van der Waals surface area contributed by atoms with Crippen LogP contribution < -0.4 is 20.5 Å². The quantitative estimate of drug-likeness (QED) is 0.489. The third kappa shape index (κ3) is 7.43. The summed E-state index contributed by atoms with van der Waals surface area (Å²) in [6, 6.07) is 4.87. The van der Waals surface area contributed by atoms with Gasteiger partial charge in [0.2, 0.25) is 11.8 Å². The highest BCUT2D eigenvalue weighted by Crippen LogP contribution is 2.28. The van der Waals surface area contributed by atoms with Gasteiger partial charge in [-0.15, -0.1) is 0 Å². The Labute approximate surface area is 148 Å². The van der Waals surface area contributed by atoms with E-state index in [0.29, 0.717) is 18.8 Å². The summed E-state index contributed by atoms with van der Waals surface area (Å²) in [5, 5.41) is 11.3. The maximum Gasteiger partial charge on any atom is 0.242 e. The van der Waals surface area contributed by atoms with Crippen LogP contribution in [0.3, 0.4) is 0 Å². The van der Waals surface area contributed by atoms with Gasteiger partial charge in [-0.05, 0) is 43.4 Å². The zero-order valence-electron chi connectivity index (χ0n) is 14.9. The average Bonchev–Trinajstić information content (AvgIpc) is 2.62. The van der Waals surface area contributed by atoms with Crippen LogP contribution in [-0.4, -0.2) is 43.3 Å². The summed E-state index contributed by atoms with van der Waals surface area (Å²) in [5.41, 5.74) is 6.23. The van der Waals surface area contributed by atoms with Crippen molar-refractivity contribution in [2.24, 2.45) is 5.73 Å². The number of aryl methyl sites for hydroxylation is 1. The van der Waals surface area contributed by atoms with E-state index in [1.807, 2.05) is 18.2 Å². The molecule has 0 heterocycles. The molecule has 0 radical (unpaired) electrons. The number of benzene rings is 1. The Bertz CT molecular complexity index is 562. The summed E-state index contributed by atoms with van der Waals surface area (Å²) in [4.78, 5) is 22.6. The van der Waals surface area contributed by atoms with E-state index in [1.165, 1.54) is 5.56 Å². The number of ether oxygens (including phenoxy) is 2. The molecule has 7 heteroatoms. The third-order valence-electron chi connectivity index (χ3n) is 3.80. The second-order valence-corrected chi connectivity index (χ2v) is 5.70. The largest absolute Gasteiger partial charge is 0.493 e. The molecule has 140 valence electrons. The molecule has 1 rings (SSSR count). The first-order chi connectivity index (χ1) is 12.0. The number of carbonyl (C=O) groups excluding carboxylic acids is 2. The highest BCUT2D eigenvalue weighted by Gasteiger charge is 2.16. The SMILES string of the molecule is CCc1ccc(OCCCCCC(=O)NC(CO)C(N)=O)c(OC)c1. The van der Waals surface area contributed by atoms with Crippen molar-refractivity contribution in [3.63, 3.8) is 0 Å². The van der Waals surface area contributed by atoms with Crippen molar-refractivity contribution < 1.29 is 24.2 Å². The fraction of sp³-hybridized carbons (Fsp3) is 0.556. The van der Waals surface area contributed by atoms with Gasteiger partial charge in [0.1, 0.15) is 6.04 Å². The molecule has 0 fully saturated rings. The minimum Gasteiger partial charge on any atom is -0.493 e. The second kappa shape index (κ2) is 11.3. The standard InChI is InChI=1S/C18H28N2O5/c1-3-13-8-9-15(16(11-13)24-2)25-10-6-4-5-7-17(22)20-14(12-21)18(19)23/h8-9,11,14,21H,3-7,10,12H2,1-2H3,(H2,19,23)(H,20,22). The molecular formula is C18H28N2O5. The molecule has 0 aliphatic heterocycles. The first-order valence-corrected chi connectivity index (χ1v) is 8.51. The Morgan fingerprint density at radius 2 is 2.00 bits per heavy atom. The van der Waals surface area contributed by atoms with Gasteiger partial charge < -0.3 is 25.6 Å². The number of amides is 2. The smallest absolute Gasteiger partial charge is 0.242 e. The molecule has 1 aromatic rings. The highest BCUT2D eigenvalue weighted by molar-refractivity contribution is 5.86. The molecule has 0 aromatic heterocycles. The van der Waals surface area contributed by atoms with Crippen LogP contribution in [0.2, 0.25) is 0 Å². The van der Waals surface area contributed by atoms with Crippen LogP contribution in [0.5, 0.6) is 11.5 Å². The second-order valence-electron chi connectivity index (χ2n) is 5.70. The predicted octanol–water partition coefficient (Wildman–Crippen LogP) is 1.16. The van der Waals surface area contributed by atoms with Gasteiger partial charge >= 0.3 is 0 Å². The van der Waals surface area contributed by atoms with Crippen molar-refractivity contribution in [3.05, 3.63) is 23.8 Å². The molecule has 4 N–H and O–H groups in total.